The Balaban J connectivity index is 1.98. The van der Waals surface area contributed by atoms with E-state index in [1.165, 1.54) is 0 Å². The minimum absolute atomic E-state index is 0.00679. The fourth-order valence-corrected chi connectivity index (χ4v) is 3.46. The molecule has 4 rings (SSSR count). The van der Waals surface area contributed by atoms with Gasteiger partial charge in [-0.2, -0.15) is 0 Å². The summed E-state index contributed by atoms with van der Waals surface area (Å²) in [4.78, 5) is 12.4. The van der Waals surface area contributed by atoms with Crippen LogP contribution in [0.1, 0.15) is 27.7 Å². The standard InChI is InChI=1S/C18H14BrNO2/c1-11-14-4-2-3-5-15(14)20-16(21)10-22-18(17(11)20)12-6-8-13(19)9-7-12/h2-9,18H,10H2,1H3/t18-/m1/s1. The van der Waals surface area contributed by atoms with Crippen molar-refractivity contribution < 1.29 is 9.53 Å². The van der Waals surface area contributed by atoms with Gasteiger partial charge in [-0.1, -0.05) is 46.3 Å². The number of para-hydroxylation sites is 1. The van der Waals surface area contributed by atoms with Gasteiger partial charge in [-0.15, -0.1) is 0 Å². The first kappa shape index (κ1) is 13.7. The van der Waals surface area contributed by atoms with Crippen molar-refractivity contribution in [3.05, 3.63) is 69.8 Å². The van der Waals surface area contributed by atoms with Crippen molar-refractivity contribution in [3.63, 3.8) is 0 Å². The Hall–Kier alpha value is -1.91. The fraction of sp³-hybridized carbons (Fsp3) is 0.167. The molecule has 3 aromatic rings. The van der Waals surface area contributed by atoms with Gasteiger partial charge < -0.3 is 4.74 Å². The third-order valence-corrected chi connectivity index (χ3v) is 4.75. The zero-order valence-electron chi connectivity index (χ0n) is 12.0. The van der Waals surface area contributed by atoms with Crippen LogP contribution in [0.2, 0.25) is 0 Å². The molecule has 0 unspecified atom stereocenters. The zero-order chi connectivity index (χ0) is 15.3. The lowest BCUT2D eigenvalue weighted by Gasteiger charge is -2.26. The summed E-state index contributed by atoms with van der Waals surface area (Å²) < 4.78 is 8.72. The van der Waals surface area contributed by atoms with Crippen molar-refractivity contribution in [2.75, 3.05) is 6.61 Å². The second kappa shape index (κ2) is 5.07. The second-order valence-corrected chi connectivity index (χ2v) is 6.41. The molecular formula is C18H14BrNO2. The van der Waals surface area contributed by atoms with Gasteiger partial charge in [0.15, 0.2) is 0 Å². The number of hydrogen-bond donors (Lipinski definition) is 0. The largest absolute Gasteiger partial charge is 0.357 e. The molecule has 0 N–H and O–H groups in total. The number of rotatable bonds is 1. The first-order valence-electron chi connectivity index (χ1n) is 7.17. The van der Waals surface area contributed by atoms with Crippen LogP contribution >= 0.6 is 15.9 Å². The van der Waals surface area contributed by atoms with Crippen LogP contribution in [0.3, 0.4) is 0 Å². The highest BCUT2D eigenvalue weighted by atomic mass is 79.9. The summed E-state index contributed by atoms with van der Waals surface area (Å²) in [5.74, 6) is -0.00679. The molecule has 1 atom stereocenters. The van der Waals surface area contributed by atoms with Crippen molar-refractivity contribution in [2.24, 2.45) is 0 Å². The molecule has 1 aliphatic rings. The zero-order valence-corrected chi connectivity index (χ0v) is 13.6. The van der Waals surface area contributed by atoms with E-state index in [4.69, 9.17) is 4.74 Å². The fourth-order valence-electron chi connectivity index (χ4n) is 3.19. The molecule has 0 saturated heterocycles. The number of carbonyl (C=O) groups is 1. The van der Waals surface area contributed by atoms with E-state index in [1.54, 1.807) is 0 Å². The van der Waals surface area contributed by atoms with E-state index >= 15 is 0 Å². The van der Waals surface area contributed by atoms with Gasteiger partial charge in [0.05, 0.1) is 11.2 Å². The summed E-state index contributed by atoms with van der Waals surface area (Å²) in [5.41, 5.74) is 4.07. The summed E-state index contributed by atoms with van der Waals surface area (Å²) in [6, 6.07) is 16.1. The predicted molar refractivity (Wildman–Crippen MR) is 89.2 cm³/mol. The molecule has 0 fully saturated rings. The maximum Gasteiger partial charge on any atom is 0.257 e. The van der Waals surface area contributed by atoms with Gasteiger partial charge in [0.2, 0.25) is 0 Å². The number of aryl methyl sites for hydroxylation is 1. The van der Waals surface area contributed by atoms with Crippen molar-refractivity contribution in [3.8, 4) is 0 Å². The maximum absolute atomic E-state index is 12.4. The number of aromatic nitrogens is 1. The molecule has 2 aromatic carbocycles. The van der Waals surface area contributed by atoms with Crippen LogP contribution in [0.5, 0.6) is 0 Å². The van der Waals surface area contributed by atoms with Gasteiger partial charge in [-0.3, -0.25) is 9.36 Å². The van der Waals surface area contributed by atoms with Crippen LogP contribution in [0.4, 0.5) is 0 Å². The lowest BCUT2D eigenvalue weighted by molar-refractivity contribution is 0.0369. The van der Waals surface area contributed by atoms with Crippen molar-refractivity contribution >= 4 is 32.7 Å². The average molecular weight is 356 g/mol. The van der Waals surface area contributed by atoms with E-state index in [1.807, 2.05) is 47.0 Å². The van der Waals surface area contributed by atoms with E-state index in [0.717, 1.165) is 32.2 Å². The van der Waals surface area contributed by atoms with Gasteiger partial charge in [0.1, 0.15) is 12.7 Å². The monoisotopic (exact) mass is 355 g/mol. The van der Waals surface area contributed by atoms with Crippen LogP contribution < -0.4 is 0 Å². The molecule has 0 saturated carbocycles. The quantitative estimate of drug-likeness (QED) is 0.644. The lowest BCUT2D eigenvalue weighted by Crippen LogP contribution is -2.29. The third-order valence-electron chi connectivity index (χ3n) is 4.22. The molecule has 1 aliphatic heterocycles. The number of carbonyl (C=O) groups excluding carboxylic acids is 1. The van der Waals surface area contributed by atoms with Crippen LogP contribution in [0.15, 0.2) is 53.0 Å². The summed E-state index contributed by atoms with van der Waals surface area (Å²) in [7, 11) is 0. The van der Waals surface area contributed by atoms with E-state index in [2.05, 4.69) is 28.9 Å². The highest BCUT2D eigenvalue weighted by Crippen LogP contribution is 2.37. The highest BCUT2D eigenvalue weighted by Gasteiger charge is 2.31. The molecule has 4 heteroatoms. The smallest absolute Gasteiger partial charge is 0.257 e. The third kappa shape index (κ3) is 1.95. The van der Waals surface area contributed by atoms with E-state index < -0.39 is 0 Å². The predicted octanol–water partition coefficient (Wildman–Crippen LogP) is 4.47. The molecule has 3 nitrogen and oxygen atoms in total. The number of nitrogens with zero attached hydrogens (tertiary/aromatic N) is 1. The Kier molecular flexibility index (Phi) is 3.17. The van der Waals surface area contributed by atoms with Crippen LogP contribution in [0, 0.1) is 6.92 Å². The summed E-state index contributed by atoms with van der Waals surface area (Å²) in [6.07, 6.45) is -0.210. The molecule has 2 heterocycles. The van der Waals surface area contributed by atoms with Crippen LogP contribution in [-0.2, 0) is 4.74 Å². The average Bonchev–Trinajstić information content (AvgIpc) is 2.84. The summed E-state index contributed by atoms with van der Waals surface area (Å²) >= 11 is 3.45. The number of hydrogen-bond acceptors (Lipinski definition) is 2. The van der Waals surface area contributed by atoms with Crippen molar-refractivity contribution in [1.82, 2.24) is 4.57 Å². The Labute approximate surface area is 136 Å². The molecule has 0 amide bonds. The van der Waals surface area contributed by atoms with E-state index in [0.29, 0.717) is 0 Å². The first-order chi connectivity index (χ1) is 10.7. The topological polar surface area (TPSA) is 31.2 Å². The number of ether oxygens (including phenoxy) is 1. The molecule has 110 valence electrons. The Morgan fingerprint density at radius 3 is 2.64 bits per heavy atom. The van der Waals surface area contributed by atoms with Crippen LogP contribution in [0.25, 0.3) is 10.9 Å². The molecule has 22 heavy (non-hydrogen) atoms. The number of fused-ring (bicyclic) bond motifs is 3. The van der Waals surface area contributed by atoms with Gasteiger partial charge in [-0.25, -0.2) is 0 Å². The molecule has 0 aliphatic carbocycles. The first-order valence-corrected chi connectivity index (χ1v) is 7.96. The van der Waals surface area contributed by atoms with Gasteiger partial charge in [0, 0.05) is 9.86 Å². The lowest BCUT2D eigenvalue weighted by atomic mass is 10.0. The Bertz CT molecular complexity index is 880. The maximum atomic E-state index is 12.4. The van der Waals surface area contributed by atoms with Gasteiger partial charge >= 0.3 is 0 Å². The SMILES string of the molecule is Cc1c2n(c3ccccc13)C(=O)CO[C@@H]2c1ccc(Br)cc1. The van der Waals surface area contributed by atoms with Crippen molar-refractivity contribution in [2.45, 2.75) is 13.0 Å². The van der Waals surface area contributed by atoms with Crippen LogP contribution in [-0.4, -0.2) is 17.1 Å². The van der Waals surface area contributed by atoms with Crippen molar-refractivity contribution in [1.29, 1.82) is 0 Å². The molecule has 0 spiro atoms. The highest BCUT2D eigenvalue weighted by molar-refractivity contribution is 9.10. The van der Waals surface area contributed by atoms with E-state index in [-0.39, 0.29) is 18.6 Å². The molecule has 0 radical (unpaired) electrons. The van der Waals surface area contributed by atoms with Gasteiger partial charge in [0.25, 0.3) is 5.91 Å². The number of benzene rings is 2. The molecule has 0 bridgehead atoms. The Morgan fingerprint density at radius 2 is 1.86 bits per heavy atom. The Morgan fingerprint density at radius 1 is 1.14 bits per heavy atom. The molecule has 1 aromatic heterocycles. The molecular weight excluding hydrogens is 342 g/mol. The minimum atomic E-state index is -0.210. The second-order valence-electron chi connectivity index (χ2n) is 5.50. The van der Waals surface area contributed by atoms with Gasteiger partial charge in [-0.05, 0) is 36.2 Å². The summed E-state index contributed by atoms with van der Waals surface area (Å²) in [6.45, 7) is 2.16. The normalized spacial score (nSPS) is 17.7. The minimum Gasteiger partial charge on any atom is -0.357 e. The number of halogens is 1. The van der Waals surface area contributed by atoms with E-state index in [9.17, 15) is 4.79 Å². The summed E-state index contributed by atoms with van der Waals surface area (Å²) in [5, 5.41) is 1.11.